The maximum absolute atomic E-state index is 13.5. The van der Waals surface area contributed by atoms with E-state index in [1.54, 1.807) is 38.1 Å². The summed E-state index contributed by atoms with van der Waals surface area (Å²) in [6.07, 6.45) is -5.57. The van der Waals surface area contributed by atoms with Gasteiger partial charge in [0, 0.05) is 19.4 Å². The van der Waals surface area contributed by atoms with Crippen LogP contribution in [0.25, 0.3) is 16.9 Å². The molecule has 0 fully saturated rings. The van der Waals surface area contributed by atoms with E-state index in [1.807, 2.05) is 11.6 Å². The van der Waals surface area contributed by atoms with Crippen molar-refractivity contribution < 1.29 is 45.7 Å². The van der Waals surface area contributed by atoms with Crippen LogP contribution in [-0.2, 0) is 35.4 Å². The molecule has 0 saturated carbocycles. The van der Waals surface area contributed by atoms with Gasteiger partial charge in [0.05, 0.1) is 28.3 Å². The lowest BCUT2D eigenvalue weighted by molar-refractivity contribution is -0.713. The van der Waals surface area contributed by atoms with Crippen LogP contribution in [0.15, 0.2) is 64.8 Å². The van der Waals surface area contributed by atoms with E-state index in [0.29, 0.717) is 12.0 Å². The lowest BCUT2D eigenvalue weighted by Gasteiger charge is -2.27. The van der Waals surface area contributed by atoms with Crippen LogP contribution in [0.4, 0.5) is 13.2 Å². The van der Waals surface area contributed by atoms with Gasteiger partial charge in [0.1, 0.15) is 0 Å². The number of aryl methyl sites for hydroxylation is 1. The second kappa shape index (κ2) is 14.0. The summed E-state index contributed by atoms with van der Waals surface area (Å²) < 4.78 is 74.7. The van der Waals surface area contributed by atoms with Crippen molar-refractivity contribution in [1.82, 2.24) is 19.5 Å². The van der Waals surface area contributed by atoms with Crippen molar-refractivity contribution in [3.63, 3.8) is 0 Å². The van der Waals surface area contributed by atoms with E-state index in [4.69, 9.17) is 9.57 Å². The van der Waals surface area contributed by atoms with Gasteiger partial charge in [-0.2, -0.15) is 18.3 Å². The third-order valence-electron chi connectivity index (χ3n) is 6.70. The number of halogens is 3. The molecule has 3 aromatic rings. The van der Waals surface area contributed by atoms with Gasteiger partial charge in [0.15, 0.2) is 11.7 Å². The van der Waals surface area contributed by atoms with Crippen LogP contribution in [0.1, 0.15) is 45.4 Å². The third kappa shape index (κ3) is 8.71. The molecule has 3 atom stereocenters. The number of ether oxygens (including phenoxy) is 1. The van der Waals surface area contributed by atoms with Gasteiger partial charge in [0.25, 0.3) is 22.2 Å². The highest BCUT2D eigenvalue weighted by Crippen LogP contribution is 2.33. The zero-order valence-electron chi connectivity index (χ0n) is 25.3. The summed E-state index contributed by atoms with van der Waals surface area (Å²) in [7, 11) is -3.31. The first-order chi connectivity index (χ1) is 20.9. The van der Waals surface area contributed by atoms with Crippen molar-refractivity contribution in [1.29, 1.82) is 0 Å². The number of nitrogens with zero attached hydrogens (tertiary/aromatic N) is 5. The third-order valence-corrected chi connectivity index (χ3v) is 8.06. The van der Waals surface area contributed by atoms with Gasteiger partial charge in [-0.25, -0.2) is 17.8 Å². The predicted octanol–water partition coefficient (Wildman–Crippen LogP) is 4.74. The number of aromatic nitrogens is 2. The van der Waals surface area contributed by atoms with Gasteiger partial charge in [-0.15, -0.1) is 5.01 Å². The van der Waals surface area contributed by atoms with Crippen LogP contribution >= 0.6 is 0 Å². The van der Waals surface area contributed by atoms with E-state index in [9.17, 15) is 36.4 Å². The lowest BCUT2D eigenvalue weighted by atomic mass is 9.98. The lowest BCUT2D eigenvalue weighted by Crippen LogP contribution is -2.52. The summed E-state index contributed by atoms with van der Waals surface area (Å²) in [5, 5.41) is 20.3. The summed E-state index contributed by atoms with van der Waals surface area (Å²) >= 11 is 0. The molecule has 3 rings (SSSR count). The molecule has 1 heterocycles. The van der Waals surface area contributed by atoms with Crippen LogP contribution in [0, 0.1) is 18.0 Å². The molecule has 0 aliphatic rings. The van der Waals surface area contributed by atoms with E-state index in [2.05, 4.69) is 10.4 Å². The number of esters is 1. The summed E-state index contributed by atoms with van der Waals surface area (Å²) in [5.74, 6) is -2.28. The summed E-state index contributed by atoms with van der Waals surface area (Å²) in [6.45, 7) is 7.60. The smallest absolute Gasteiger partial charge is 0.435 e. The molecule has 45 heavy (non-hydrogen) atoms. The van der Waals surface area contributed by atoms with E-state index >= 15 is 0 Å². The molecule has 0 bridgehead atoms. The first-order valence-electron chi connectivity index (χ1n) is 13.6. The minimum Gasteiger partial charge on any atom is -0.569 e. The molecule has 2 aromatic carbocycles. The number of carbonyl (C=O) groups is 2. The number of likely N-dealkylation sites (N-methyl/N-ethyl adjacent to an activating group) is 1. The second-order valence-corrected chi connectivity index (χ2v) is 11.9. The quantitative estimate of drug-likeness (QED) is 0.0958. The molecule has 1 amide bonds. The summed E-state index contributed by atoms with van der Waals surface area (Å²) in [4.78, 5) is 28.6. The van der Waals surface area contributed by atoms with Gasteiger partial charge < -0.3 is 9.94 Å². The number of nitrogens with one attached hydrogen (secondary N) is 1. The Bertz CT molecular complexity index is 1640. The Morgan fingerprint density at radius 2 is 1.73 bits per heavy atom. The monoisotopic (exact) mass is 654 g/mol. The average Bonchev–Trinajstić information content (AvgIpc) is 3.42. The first kappa shape index (κ1) is 34.8. The molecule has 1 aromatic heterocycles. The fraction of sp³-hybridized carbons (Fsp3) is 0.393. The number of rotatable bonds is 12. The highest BCUT2D eigenvalue weighted by Gasteiger charge is 2.37. The highest BCUT2D eigenvalue weighted by atomic mass is 32.2. The Kier molecular flexibility index (Phi) is 10.8. The Hall–Kier alpha value is -4.67. The molecule has 1 unspecified atom stereocenters. The van der Waals surface area contributed by atoms with Crippen molar-refractivity contribution in [2.45, 2.75) is 64.4 Å². The van der Waals surface area contributed by atoms with Gasteiger partial charge in [-0.05, 0) is 43.2 Å². The molecule has 0 saturated heterocycles. The maximum atomic E-state index is 13.5. The number of hydrogen-bond donors (Lipinski definition) is 1. The van der Waals surface area contributed by atoms with Gasteiger partial charge in [-0.3, -0.25) is 14.4 Å². The Labute approximate surface area is 257 Å². The fourth-order valence-electron chi connectivity index (χ4n) is 4.21. The number of hydrazine groups is 1. The van der Waals surface area contributed by atoms with E-state index in [0.717, 1.165) is 40.4 Å². The van der Waals surface area contributed by atoms with Crippen LogP contribution in [0.2, 0.25) is 0 Å². The maximum Gasteiger partial charge on any atom is 0.435 e. The molecule has 0 aliphatic carbocycles. The van der Waals surface area contributed by atoms with Gasteiger partial charge in [-0.1, -0.05) is 50.1 Å². The van der Waals surface area contributed by atoms with Crippen LogP contribution < -0.4 is 4.72 Å². The summed E-state index contributed by atoms with van der Waals surface area (Å²) in [6, 6.07) is 11.0. The molecule has 0 aliphatic heterocycles. The molecule has 244 valence electrons. The molecule has 17 heteroatoms. The zero-order chi connectivity index (χ0) is 33.7. The molecule has 1 N–H and O–H groups in total. The highest BCUT2D eigenvalue weighted by molar-refractivity contribution is 7.90. The predicted molar refractivity (Wildman–Crippen MR) is 153 cm³/mol. The number of carbonyl (C=O) groups excluding carboxylic acids is 2. The van der Waals surface area contributed by atoms with Crippen molar-refractivity contribution >= 4 is 21.9 Å². The zero-order valence-corrected chi connectivity index (χ0v) is 26.1. The largest absolute Gasteiger partial charge is 0.569 e. The van der Waals surface area contributed by atoms with Gasteiger partial charge in [0.2, 0.25) is 5.28 Å². The Balaban J connectivity index is 1.88. The minimum absolute atomic E-state index is 0.0806. The number of alkyl halides is 3. The SMILES string of the molecule is CC[C@@H](C)[C@@H](C(=O)NS(=O)(=O)c1ccc(-n2nc(C(F)(F)F)cc2-c2ccc(C)cc2)cc1)N(C)[N+]([O-])=NOC(C)OC(C)=O. The second-order valence-electron chi connectivity index (χ2n) is 10.2. The number of amides is 1. The minimum atomic E-state index is -4.72. The Morgan fingerprint density at radius 1 is 1.13 bits per heavy atom. The van der Waals surface area contributed by atoms with E-state index in [1.165, 1.54) is 26.1 Å². The molecule has 0 spiro atoms. The van der Waals surface area contributed by atoms with Gasteiger partial charge >= 0.3 is 12.1 Å². The van der Waals surface area contributed by atoms with Crippen LogP contribution in [-0.4, -0.2) is 59.4 Å². The summed E-state index contributed by atoms with van der Waals surface area (Å²) in [5.41, 5.74) is 0.490. The van der Waals surface area contributed by atoms with Crippen molar-refractivity contribution in [2.75, 3.05) is 7.05 Å². The first-order valence-corrected chi connectivity index (χ1v) is 15.1. The average molecular weight is 655 g/mol. The number of sulfonamides is 1. The Morgan fingerprint density at radius 3 is 2.27 bits per heavy atom. The normalized spacial score (nSPS) is 14.3. The van der Waals surface area contributed by atoms with E-state index in [-0.39, 0.29) is 21.2 Å². The molecule has 0 radical (unpaired) electrons. The van der Waals surface area contributed by atoms with Crippen molar-refractivity contribution in [3.8, 4) is 16.9 Å². The molecular formula is C28H33F3N6O7S. The topological polar surface area (TPSA) is 158 Å². The number of benzene rings is 2. The molecule has 13 nitrogen and oxygen atoms in total. The van der Waals surface area contributed by atoms with Crippen molar-refractivity contribution in [3.05, 3.63) is 71.1 Å². The fourth-order valence-corrected chi connectivity index (χ4v) is 5.21. The van der Waals surface area contributed by atoms with E-state index < -0.39 is 52.0 Å². The van der Waals surface area contributed by atoms with Crippen molar-refractivity contribution in [2.24, 2.45) is 11.2 Å². The standard InChI is InChI=1S/C28H33F3N6O7S/c1-7-18(3)26(35(6)37(40)34-44-20(5)43-19(4)38)27(39)33-45(41,42)23-14-12-22(13-15-23)36-24(16-25(32-36)28(29,30)31)21-10-8-17(2)9-11-21/h8-16,18,20,26H,7H2,1-6H3,(H,33,39)/t18-,20?,26+/m1/s1. The number of hydrogen-bond acceptors (Lipinski definition) is 9. The molecular weight excluding hydrogens is 621 g/mol. The van der Waals surface area contributed by atoms with Crippen LogP contribution in [0.5, 0.6) is 0 Å². The van der Waals surface area contributed by atoms with Crippen LogP contribution in [0.3, 0.4) is 0 Å².